The second-order valence-corrected chi connectivity index (χ2v) is 13.3. The average Bonchev–Trinajstić information content (AvgIpc) is 2.91. The first kappa shape index (κ1) is 40.8. The van der Waals surface area contributed by atoms with Crippen LogP contribution in [0.15, 0.2) is 58.3 Å². The molecule has 0 amide bonds. The normalized spacial score (nSPS) is 11.4. The smallest absolute Gasteiger partial charge is 0.744 e. The largest absolute Gasteiger partial charge is 2.00 e. The maximum absolute atomic E-state index is 11.1. The second kappa shape index (κ2) is 24.2. The summed E-state index contributed by atoms with van der Waals surface area (Å²) in [5, 5.41) is 0. The number of benzene rings is 2. The summed E-state index contributed by atoms with van der Waals surface area (Å²) in [6.07, 6.45) is 20.7. The van der Waals surface area contributed by atoms with Crippen LogP contribution in [0.1, 0.15) is 128 Å². The van der Waals surface area contributed by atoms with Crippen LogP contribution < -0.4 is 0 Å². The fourth-order valence-corrected chi connectivity index (χ4v) is 6.28. The molecule has 2 aromatic rings. The molecule has 0 saturated carbocycles. The van der Waals surface area contributed by atoms with Gasteiger partial charge in [0.15, 0.2) is 0 Å². The molecule has 9 heteroatoms. The van der Waals surface area contributed by atoms with E-state index in [2.05, 4.69) is 13.8 Å². The van der Waals surface area contributed by atoms with Gasteiger partial charge in [-0.3, -0.25) is 0 Å². The molecule has 0 spiro atoms. The van der Waals surface area contributed by atoms with Crippen LogP contribution in [-0.2, 0) is 33.1 Å². The van der Waals surface area contributed by atoms with E-state index in [1.165, 1.54) is 89.2 Å². The third kappa shape index (κ3) is 19.7. The summed E-state index contributed by atoms with van der Waals surface area (Å²) in [6.45, 7) is 4.42. The Kier molecular flexibility index (Phi) is 24.1. The predicted molar refractivity (Wildman–Crippen MR) is 167 cm³/mol. The standard InChI is InChI=1S/2C16H26O3S.Ba/c2*1-2-3-4-5-6-7-8-9-12-15-13-10-11-14-16(15)20(17,18)19;/h2*10-11,13-14H,2-9,12H2,1H3,(H,17,18,19);/q;;+2/p-2. The van der Waals surface area contributed by atoms with Gasteiger partial charge in [-0.15, -0.1) is 0 Å². The molecule has 0 aromatic heterocycles. The third-order valence-electron chi connectivity index (χ3n) is 7.08. The molecule has 0 radical (unpaired) electrons. The number of unbranched alkanes of at least 4 members (excludes halogenated alkanes) is 14. The molecule has 6 nitrogen and oxygen atoms in total. The van der Waals surface area contributed by atoms with Crippen LogP contribution in [0.25, 0.3) is 0 Å². The van der Waals surface area contributed by atoms with Crippen molar-refractivity contribution in [1.82, 2.24) is 0 Å². The molecule has 0 aliphatic heterocycles. The summed E-state index contributed by atoms with van der Waals surface area (Å²) in [7, 11) is -8.68. The Balaban J connectivity index is 0.000000762. The monoisotopic (exact) mass is 732 g/mol. The fourth-order valence-electron chi connectivity index (χ4n) is 4.81. The molecule has 2 rings (SSSR count). The molecule has 0 saturated heterocycles. The molecule has 41 heavy (non-hydrogen) atoms. The summed E-state index contributed by atoms with van der Waals surface area (Å²) in [5.74, 6) is 0. The van der Waals surface area contributed by atoms with Crippen molar-refractivity contribution in [3.63, 3.8) is 0 Å². The minimum Gasteiger partial charge on any atom is -0.744 e. The van der Waals surface area contributed by atoms with Crippen LogP contribution in [0.5, 0.6) is 0 Å². The van der Waals surface area contributed by atoms with Gasteiger partial charge in [0.2, 0.25) is 0 Å². The van der Waals surface area contributed by atoms with Crippen LogP contribution in [0.2, 0.25) is 0 Å². The first-order chi connectivity index (χ1) is 19.1. The maximum Gasteiger partial charge on any atom is 2.00 e. The van der Waals surface area contributed by atoms with E-state index in [0.717, 1.165) is 25.7 Å². The van der Waals surface area contributed by atoms with Crippen molar-refractivity contribution >= 4 is 69.1 Å². The Labute approximate surface area is 291 Å². The van der Waals surface area contributed by atoms with E-state index in [-0.39, 0.29) is 58.7 Å². The molecular weight excluding hydrogens is 682 g/mol. The zero-order valence-electron chi connectivity index (χ0n) is 25.3. The van der Waals surface area contributed by atoms with Crippen molar-refractivity contribution < 1.29 is 25.9 Å². The number of hydrogen-bond acceptors (Lipinski definition) is 6. The van der Waals surface area contributed by atoms with Crippen molar-refractivity contribution in [2.24, 2.45) is 0 Å². The SMILES string of the molecule is CCCCCCCCCCc1ccccc1S(=O)(=O)[O-].CCCCCCCCCCc1ccccc1S(=O)(=O)[O-].[Ba+2]. The maximum atomic E-state index is 11.1. The number of rotatable bonds is 20. The molecule has 2 aromatic carbocycles. The first-order valence-corrected chi connectivity index (χ1v) is 18.0. The summed E-state index contributed by atoms with van der Waals surface area (Å²) in [6, 6.07) is 13.1. The Morgan fingerprint density at radius 1 is 0.463 bits per heavy atom. The second-order valence-electron chi connectivity index (χ2n) is 10.6. The van der Waals surface area contributed by atoms with Gasteiger partial charge in [-0.1, -0.05) is 140 Å². The molecule has 0 N–H and O–H groups in total. The van der Waals surface area contributed by atoms with Crippen LogP contribution in [0.3, 0.4) is 0 Å². The Morgan fingerprint density at radius 3 is 1.02 bits per heavy atom. The summed E-state index contributed by atoms with van der Waals surface area (Å²) in [4.78, 5) is -0.106. The molecule has 228 valence electrons. The van der Waals surface area contributed by atoms with Gasteiger partial charge in [0.1, 0.15) is 20.2 Å². The van der Waals surface area contributed by atoms with E-state index >= 15 is 0 Å². The van der Waals surface area contributed by atoms with E-state index in [1.807, 2.05) is 0 Å². The van der Waals surface area contributed by atoms with Crippen molar-refractivity contribution in [1.29, 1.82) is 0 Å². The van der Waals surface area contributed by atoms with E-state index in [1.54, 1.807) is 36.4 Å². The van der Waals surface area contributed by atoms with Crippen LogP contribution in [0, 0.1) is 0 Å². The van der Waals surface area contributed by atoms with Gasteiger partial charge >= 0.3 is 48.9 Å². The summed E-state index contributed by atoms with van der Waals surface area (Å²) < 4.78 is 66.8. The van der Waals surface area contributed by atoms with Crippen molar-refractivity contribution in [2.45, 2.75) is 139 Å². The zero-order chi connectivity index (χ0) is 29.7. The average molecular weight is 732 g/mol. The van der Waals surface area contributed by atoms with Gasteiger partial charge < -0.3 is 9.11 Å². The Bertz CT molecular complexity index is 1060. The van der Waals surface area contributed by atoms with Gasteiger partial charge in [0.05, 0.1) is 9.79 Å². The molecule has 0 heterocycles. The Morgan fingerprint density at radius 2 is 0.732 bits per heavy atom. The van der Waals surface area contributed by atoms with Gasteiger partial charge in [0.25, 0.3) is 0 Å². The molecular formula is C32H50BaO6S2. The zero-order valence-corrected chi connectivity index (χ0v) is 31.4. The first-order valence-electron chi connectivity index (χ1n) is 15.2. The van der Waals surface area contributed by atoms with Gasteiger partial charge in [0, 0.05) is 0 Å². The van der Waals surface area contributed by atoms with Crippen LogP contribution in [-0.4, -0.2) is 74.8 Å². The van der Waals surface area contributed by atoms with Gasteiger partial charge in [-0.05, 0) is 48.9 Å². The number of aryl methyl sites for hydroxylation is 2. The quantitative estimate of drug-likeness (QED) is 0.0771. The topological polar surface area (TPSA) is 114 Å². The summed E-state index contributed by atoms with van der Waals surface area (Å²) in [5.41, 5.74) is 1.32. The van der Waals surface area contributed by atoms with Gasteiger partial charge in [-0.2, -0.15) is 0 Å². The van der Waals surface area contributed by atoms with Crippen molar-refractivity contribution in [3.05, 3.63) is 59.7 Å². The predicted octanol–water partition coefficient (Wildman–Crippen LogP) is 8.17. The van der Waals surface area contributed by atoms with Crippen LogP contribution in [0.4, 0.5) is 0 Å². The molecule has 0 unspecified atom stereocenters. The van der Waals surface area contributed by atoms with Crippen molar-refractivity contribution in [2.75, 3.05) is 0 Å². The molecule has 0 aliphatic carbocycles. The molecule has 0 fully saturated rings. The van der Waals surface area contributed by atoms with E-state index in [0.29, 0.717) is 24.0 Å². The molecule has 0 aliphatic rings. The third-order valence-corrected chi connectivity index (χ3v) is 8.96. The van der Waals surface area contributed by atoms with Crippen molar-refractivity contribution in [3.8, 4) is 0 Å². The van der Waals surface area contributed by atoms with Gasteiger partial charge in [-0.25, -0.2) is 16.8 Å². The summed E-state index contributed by atoms with van der Waals surface area (Å²) >= 11 is 0. The Hall–Kier alpha value is -0.169. The molecule has 0 bridgehead atoms. The van der Waals surface area contributed by atoms with E-state index in [4.69, 9.17) is 0 Å². The van der Waals surface area contributed by atoms with E-state index < -0.39 is 20.2 Å². The fraction of sp³-hybridized carbons (Fsp3) is 0.625. The van der Waals surface area contributed by atoms with E-state index in [9.17, 15) is 25.9 Å². The molecule has 0 atom stereocenters. The number of hydrogen-bond donors (Lipinski definition) is 0. The minimum absolute atomic E-state index is 0. The van der Waals surface area contributed by atoms with Crippen LogP contribution >= 0.6 is 0 Å². The minimum atomic E-state index is -4.34.